The van der Waals surface area contributed by atoms with Crippen molar-refractivity contribution in [1.82, 2.24) is 0 Å². The lowest BCUT2D eigenvalue weighted by Crippen LogP contribution is -2.59. The minimum absolute atomic E-state index is 0.165. The average molecular weight is 447 g/mol. The van der Waals surface area contributed by atoms with Gasteiger partial charge in [0.05, 0.1) is 25.1 Å². The molecule has 2 aromatic rings. The van der Waals surface area contributed by atoms with Crippen LogP contribution in [0.25, 0.3) is 0 Å². The molecule has 5 atom stereocenters. The molecule has 0 amide bonds. The summed E-state index contributed by atoms with van der Waals surface area (Å²) in [5, 5.41) is 10.3. The molecule has 2 aromatic carbocycles. The standard InChI is InChI=1S/C24H30O6S/c1-3-31-23-22(28-15-19-12-8-5-9-13-19)21(29-17(2)25)20(30-24(23)26)16-27-14-18-10-6-4-7-11-18/h4-13,20-24,26H,3,14-16H2,1-2H3/t20?,21-,22?,23?,24-/m1/s1. The van der Waals surface area contributed by atoms with E-state index < -0.39 is 30.6 Å². The van der Waals surface area contributed by atoms with Gasteiger partial charge >= 0.3 is 5.97 Å². The summed E-state index contributed by atoms with van der Waals surface area (Å²) in [6.07, 6.45) is -2.92. The molecular formula is C24H30O6S. The van der Waals surface area contributed by atoms with Gasteiger partial charge in [-0.05, 0) is 16.9 Å². The van der Waals surface area contributed by atoms with Crippen LogP contribution in [0.4, 0.5) is 0 Å². The highest BCUT2D eigenvalue weighted by molar-refractivity contribution is 7.99. The van der Waals surface area contributed by atoms with E-state index in [2.05, 4.69) is 0 Å². The molecule has 3 unspecified atom stereocenters. The van der Waals surface area contributed by atoms with E-state index >= 15 is 0 Å². The van der Waals surface area contributed by atoms with Crippen molar-refractivity contribution >= 4 is 17.7 Å². The van der Waals surface area contributed by atoms with Crippen molar-refractivity contribution in [2.75, 3.05) is 12.4 Å². The summed E-state index contributed by atoms with van der Waals surface area (Å²) >= 11 is 1.53. The maximum absolute atomic E-state index is 11.9. The van der Waals surface area contributed by atoms with Crippen LogP contribution >= 0.6 is 11.8 Å². The Balaban J connectivity index is 1.73. The summed E-state index contributed by atoms with van der Waals surface area (Å²) in [4.78, 5) is 11.9. The molecule has 0 aliphatic carbocycles. The van der Waals surface area contributed by atoms with Crippen LogP contribution in [0.5, 0.6) is 0 Å². The Morgan fingerprint density at radius 1 is 1.00 bits per heavy atom. The third-order valence-corrected chi connectivity index (χ3v) is 6.17. The van der Waals surface area contributed by atoms with Crippen LogP contribution in [0.15, 0.2) is 60.7 Å². The number of hydrogen-bond acceptors (Lipinski definition) is 7. The maximum atomic E-state index is 11.9. The first-order chi connectivity index (χ1) is 15.1. The third kappa shape index (κ3) is 7.05. The molecule has 168 valence electrons. The van der Waals surface area contributed by atoms with Crippen molar-refractivity contribution in [3.8, 4) is 0 Å². The summed E-state index contributed by atoms with van der Waals surface area (Å²) in [5.41, 5.74) is 2.03. The lowest BCUT2D eigenvalue weighted by Gasteiger charge is -2.43. The molecule has 0 saturated carbocycles. The first-order valence-electron chi connectivity index (χ1n) is 10.5. The Bertz CT molecular complexity index is 787. The number of aliphatic hydroxyl groups is 1. The van der Waals surface area contributed by atoms with Crippen LogP contribution in [0.3, 0.4) is 0 Å². The molecule has 1 aliphatic heterocycles. The fraction of sp³-hybridized carbons (Fsp3) is 0.458. The molecule has 7 heteroatoms. The van der Waals surface area contributed by atoms with Crippen LogP contribution in [0.2, 0.25) is 0 Å². The summed E-state index contributed by atoms with van der Waals surface area (Å²) in [6, 6.07) is 19.6. The lowest BCUT2D eigenvalue weighted by molar-refractivity contribution is -0.255. The number of rotatable bonds is 10. The second-order valence-electron chi connectivity index (χ2n) is 7.32. The van der Waals surface area contributed by atoms with Gasteiger partial charge in [-0.15, -0.1) is 0 Å². The third-order valence-electron chi connectivity index (χ3n) is 4.95. The Kier molecular flexibility index (Phi) is 9.36. The predicted octanol–water partition coefficient (Wildman–Crippen LogP) is 3.56. The second-order valence-corrected chi connectivity index (χ2v) is 8.78. The van der Waals surface area contributed by atoms with Gasteiger partial charge in [0.15, 0.2) is 12.4 Å². The highest BCUT2D eigenvalue weighted by Gasteiger charge is 2.48. The predicted molar refractivity (Wildman–Crippen MR) is 119 cm³/mol. The molecule has 3 rings (SSSR count). The first kappa shape index (κ1) is 23.8. The topological polar surface area (TPSA) is 74.2 Å². The number of aliphatic hydroxyl groups excluding tert-OH is 1. The van der Waals surface area contributed by atoms with Crippen LogP contribution < -0.4 is 0 Å². The zero-order chi connectivity index (χ0) is 22.1. The van der Waals surface area contributed by atoms with Gasteiger partial charge in [-0.25, -0.2) is 0 Å². The number of hydrogen-bond donors (Lipinski definition) is 1. The fourth-order valence-corrected chi connectivity index (χ4v) is 4.59. The quantitative estimate of drug-likeness (QED) is 0.560. The van der Waals surface area contributed by atoms with Crippen molar-refractivity contribution in [2.24, 2.45) is 0 Å². The molecule has 1 saturated heterocycles. The van der Waals surface area contributed by atoms with E-state index in [1.165, 1.54) is 18.7 Å². The SMILES string of the molecule is CCSC1C(OCc2ccccc2)[C@H](OC(C)=O)C(COCc2ccccc2)O[C@H]1O. The normalized spacial score (nSPS) is 25.8. The average Bonchev–Trinajstić information content (AvgIpc) is 2.77. The fourth-order valence-electron chi connectivity index (χ4n) is 3.56. The largest absolute Gasteiger partial charge is 0.457 e. The minimum Gasteiger partial charge on any atom is -0.457 e. The number of ether oxygens (including phenoxy) is 4. The highest BCUT2D eigenvalue weighted by atomic mass is 32.2. The van der Waals surface area contributed by atoms with E-state index in [1.54, 1.807) is 0 Å². The summed E-state index contributed by atoms with van der Waals surface area (Å²) < 4.78 is 23.5. The van der Waals surface area contributed by atoms with Gasteiger partial charge < -0.3 is 24.1 Å². The number of thioether (sulfide) groups is 1. The molecular weight excluding hydrogens is 416 g/mol. The minimum atomic E-state index is -1.05. The summed E-state index contributed by atoms with van der Waals surface area (Å²) in [6.45, 7) is 4.27. The summed E-state index contributed by atoms with van der Waals surface area (Å²) in [5.74, 6) is 0.338. The smallest absolute Gasteiger partial charge is 0.303 e. The van der Waals surface area contributed by atoms with Gasteiger partial charge in [0.25, 0.3) is 0 Å². The van der Waals surface area contributed by atoms with Crippen molar-refractivity contribution in [3.05, 3.63) is 71.8 Å². The highest BCUT2D eigenvalue weighted by Crippen LogP contribution is 2.33. The van der Waals surface area contributed by atoms with Gasteiger partial charge in [-0.1, -0.05) is 67.6 Å². The summed E-state index contributed by atoms with van der Waals surface area (Å²) in [7, 11) is 0. The number of carbonyl (C=O) groups excluding carboxylic acids is 1. The number of benzene rings is 2. The number of carbonyl (C=O) groups is 1. The zero-order valence-electron chi connectivity index (χ0n) is 17.9. The molecule has 1 N–H and O–H groups in total. The molecule has 1 fully saturated rings. The molecule has 1 aliphatic rings. The van der Waals surface area contributed by atoms with E-state index in [4.69, 9.17) is 18.9 Å². The van der Waals surface area contributed by atoms with Crippen LogP contribution in [0.1, 0.15) is 25.0 Å². The zero-order valence-corrected chi connectivity index (χ0v) is 18.7. The van der Waals surface area contributed by atoms with Crippen molar-refractivity contribution < 1.29 is 28.8 Å². The Morgan fingerprint density at radius 2 is 1.61 bits per heavy atom. The molecule has 0 aromatic heterocycles. The van der Waals surface area contributed by atoms with Crippen molar-refractivity contribution in [1.29, 1.82) is 0 Å². The monoisotopic (exact) mass is 446 g/mol. The molecule has 0 radical (unpaired) electrons. The van der Waals surface area contributed by atoms with Crippen LogP contribution in [-0.2, 0) is 37.0 Å². The first-order valence-corrected chi connectivity index (χ1v) is 11.5. The van der Waals surface area contributed by atoms with Gasteiger partial charge in [0.1, 0.15) is 12.2 Å². The molecule has 0 bridgehead atoms. The Hall–Kier alpha value is -1.90. The van der Waals surface area contributed by atoms with Crippen LogP contribution in [-0.4, -0.2) is 53.3 Å². The van der Waals surface area contributed by atoms with Gasteiger partial charge in [-0.3, -0.25) is 4.79 Å². The van der Waals surface area contributed by atoms with E-state index in [9.17, 15) is 9.90 Å². The Labute approximate surface area is 187 Å². The van der Waals surface area contributed by atoms with E-state index in [-0.39, 0.29) is 11.9 Å². The Morgan fingerprint density at radius 3 is 2.19 bits per heavy atom. The second kappa shape index (κ2) is 12.2. The van der Waals surface area contributed by atoms with E-state index in [1.807, 2.05) is 67.6 Å². The van der Waals surface area contributed by atoms with Crippen LogP contribution in [0, 0.1) is 0 Å². The molecule has 6 nitrogen and oxygen atoms in total. The van der Waals surface area contributed by atoms with Gasteiger partial charge in [0, 0.05) is 6.92 Å². The van der Waals surface area contributed by atoms with Crippen molar-refractivity contribution in [2.45, 2.75) is 56.9 Å². The molecule has 1 heterocycles. The number of esters is 1. The van der Waals surface area contributed by atoms with Gasteiger partial charge in [-0.2, -0.15) is 11.8 Å². The molecule has 31 heavy (non-hydrogen) atoms. The lowest BCUT2D eigenvalue weighted by atomic mass is 10.0. The van der Waals surface area contributed by atoms with Crippen molar-refractivity contribution in [3.63, 3.8) is 0 Å². The maximum Gasteiger partial charge on any atom is 0.303 e. The van der Waals surface area contributed by atoms with E-state index in [0.29, 0.717) is 13.2 Å². The molecule has 0 spiro atoms. The van der Waals surface area contributed by atoms with Gasteiger partial charge in [0.2, 0.25) is 0 Å². The van der Waals surface area contributed by atoms with E-state index in [0.717, 1.165) is 16.9 Å².